The number of carboxylic acids is 1. The molecule has 0 aliphatic carbocycles. The molecule has 0 amide bonds. The average molecular weight is 269 g/mol. The van der Waals surface area contributed by atoms with E-state index in [4.69, 9.17) is 5.11 Å². The van der Waals surface area contributed by atoms with E-state index in [0.29, 0.717) is 5.69 Å². The van der Waals surface area contributed by atoms with E-state index in [1.807, 2.05) is 0 Å². The van der Waals surface area contributed by atoms with Crippen molar-refractivity contribution < 1.29 is 14.4 Å². The SMILES string of the molecule is O=C(O)C1CCNCC1.O=c1o[nH]c2c1NCCC2. The number of nitrogens with one attached hydrogen (secondary N) is 3. The predicted molar refractivity (Wildman–Crippen MR) is 69.4 cm³/mol. The quantitative estimate of drug-likeness (QED) is 0.587. The molecule has 0 spiro atoms. The number of aromatic amines is 1. The molecule has 0 saturated carbocycles. The maximum Gasteiger partial charge on any atom is 0.380 e. The van der Waals surface area contributed by atoms with Crippen LogP contribution >= 0.6 is 0 Å². The number of carboxylic acid groups (broad SMARTS) is 1. The summed E-state index contributed by atoms with van der Waals surface area (Å²) < 4.78 is 4.57. The summed E-state index contributed by atoms with van der Waals surface area (Å²) in [5.41, 5.74) is 1.23. The van der Waals surface area contributed by atoms with Crippen LogP contribution in [0.15, 0.2) is 9.32 Å². The van der Waals surface area contributed by atoms with Crippen LogP contribution in [0.1, 0.15) is 25.0 Å². The summed E-state index contributed by atoms with van der Waals surface area (Å²) in [5.74, 6) is -0.734. The Balaban J connectivity index is 0.000000141. The van der Waals surface area contributed by atoms with Crippen molar-refractivity contribution in [1.82, 2.24) is 10.5 Å². The fourth-order valence-electron chi connectivity index (χ4n) is 2.24. The van der Waals surface area contributed by atoms with Gasteiger partial charge in [-0.1, -0.05) is 0 Å². The fourth-order valence-corrected chi connectivity index (χ4v) is 2.24. The Labute approximate surface area is 110 Å². The first-order valence-corrected chi connectivity index (χ1v) is 6.56. The van der Waals surface area contributed by atoms with E-state index in [1.54, 1.807) is 0 Å². The number of aryl methyl sites for hydroxylation is 1. The molecule has 19 heavy (non-hydrogen) atoms. The first-order chi connectivity index (χ1) is 9.18. The molecule has 0 atom stereocenters. The monoisotopic (exact) mass is 269 g/mol. The molecule has 7 heteroatoms. The predicted octanol–water partition coefficient (Wildman–Crippen LogP) is 0.397. The van der Waals surface area contributed by atoms with Crippen LogP contribution < -0.4 is 16.3 Å². The highest BCUT2D eigenvalue weighted by molar-refractivity contribution is 5.70. The van der Waals surface area contributed by atoms with Gasteiger partial charge in [0.05, 0.1) is 11.6 Å². The minimum absolute atomic E-state index is 0.0914. The first-order valence-electron chi connectivity index (χ1n) is 6.56. The fraction of sp³-hybridized carbons (Fsp3) is 0.667. The Morgan fingerprint density at radius 3 is 2.58 bits per heavy atom. The van der Waals surface area contributed by atoms with Crippen LogP contribution in [0.2, 0.25) is 0 Å². The summed E-state index contributed by atoms with van der Waals surface area (Å²) in [7, 11) is 0. The molecule has 3 heterocycles. The number of fused-ring (bicyclic) bond motifs is 1. The first kappa shape index (κ1) is 13.7. The summed E-state index contributed by atoms with van der Waals surface area (Å²) in [4.78, 5) is 21.1. The summed E-state index contributed by atoms with van der Waals surface area (Å²) in [6.07, 6.45) is 3.54. The molecule has 1 saturated heterocycles. The average Bonchev–Trinajstić information content (AvgIpc) is 2.83. The van der Waals surface area contributed by atoms with Crippen LogP contribution in [0.25, 0.3) is 0 Å². The van der Waals surface area contributed by atoms with Gasteiger partial charge in [0, 0.05) is 6.54 Å². The van der Waals surface area contributed by atoms with Crippen molar-refractivity contribution in [2.45, 2.75) is 25.7 Å². The number of hydrogen-bond donors (Lipinski definition) is 4. The van der Waals surface area contributed by atoms with E-state index in [9.17, 15) is 9.59 Å². The lowest BCUT2D eigenvalue weighted by Crippen LogP contribution is -2.31. The molecule has 2 aliphatic heterocycles. The van der Waals surface area contributed by atoms with Gasteiger partial charge in [-0.15, -0.1) is 0 Å². The molecule has 4 N–H and O–H groups in total. The molecule has 0 aromatic carbocycles. The Hall–Kier alpha value is -1.76. The lowest BCUT2D eigenvalue weighted by atomic mass is 9.99. The van der Waals surface area contributed by atoms with E-state index in [0.717, 1.165) is 51.0 Å². The smallest absolute Gasteiger partial charge is 0.380 e. The molecule has 0 unspecified atom stereocenters. The molecule has 7 nitrogen and oxygen atoms in total. The molecule has 2 aliphatic rings. The lowest BCUT2D eigenvalue weighted by Gasteiger charge is -2.17. The van der Waals surface area contributed by atoms with E-state index in [-0.39, 0.29) is 11.5 Å². The number of hydrogen-bond acceptors (Lipinski definition) is 5. The molecule has 1 aromatic rings. The van der Waals surface area contributed by atoms with Crippen molar-refractivity contribution >= 4 is 11.7 Å². The van der Waals surface area contributed by atoms with E-state index < -0.39 is 5.97 Å². The van der Waals surface area contributed by atoms with Gasteiger partial charge in [0.1, 0.15) is 5.69 Å². The third-order valence-corrected chi connectivity index (χ3v) is 3.37. The zero-order chi connectivity index (χ0) is 13.7. The van der Waals surface area contributed by atoms with Crippen LogP contribution in [-0.2, 0) is 11.2 Å². The number of rotatable bonds is 1. The van der Waals surface area contributed by atoms with Crippen LogP contribution in [0.3, 0.4) is 0 Å². The number of carbonyl (C=O) groups is 1. The third kappa shape index (κ3) is 3.60. The highest BCUT2D eigenvalue weighted by atomic mass is 16.5. The number of anilines is 1. The number of aromatic nitrogens is 1. The Kier molecular flexibility index (Phi) is 4.62. The van der Waals surface area contributed by atoms with Crippen molar-refractivity contribution in [1.29, 1.82) is 0 Å². The highest BCUT2D eigenvalue weighted by Crippen LogP contribution is 2.14. The molecular formula is C12H19N3O4. The van der Waals surface area contributed by atoms with Crippen molar-refractivity contribution in [2.24, 2.45) is 5.92 Å². The maximum atomic E-state index is 10.8. The van der Waals surface area contributed by atoms with Gasteiger partial charge in [-0.25, -0.2) is 9.95 Å². The second kappa shape index (κ2) is 6.42. The van der Waals surface area contributed by atoms with Crippen LogP contribution in [0, 0.1) is 5.92 Å². The van der Waals surface area contributed by atoms with Crippen molar-refractivity contribution in [3.63, 3.8) is 0 Å². The number of H-pyrrole nitrogens is 1. The molecule has 1 fully saturated rings. The van der Waals surface area contributed by atoms with Crippen molar-refractivity contribution in [3.8, 4) is 0 Å². The molecule has 0 bridgehead atoms. The van der Waals surface area contributed by atoms with Crippen LogP contribution in [-0.4, -0.2) is 35.9 Å². The zero-order valence-electron chi connectivity index (χ0n) is 10.7. The topological polar surface area (TPSA) is 107 Å². The van der Waals surface area contributed by atoms with E-state index >= 15 is 0 Å². The summed E-state index contributed by atoms with van der Waals surface area (Å²) in [6, 6.07) is 0. The van der Waals surface area contributed by atoms with Crippen LogP contribution in [0.5, 0.6) is 0 Å². The summed E-state index contributed by atoms with van der Waals surface area (Å²) >= 11 is 0. The van der Waals surface area contributed by atoms with Gasteiger partial charge in [-0.05, 0) is 38.8 Å². The number of piperidine rings is 1. The Morgan fingerprint density at radius 2 is 2.00 bits per heavy atom. The molecule has 106 valence electrons. The molecular weight excluding hydrogens is 250 g/mol. The zero-order valence-corrected chi connectivity index (χ0v) is 10.7. The maximum absolute atomic E-state index is 10.8. The summed E-state index contributed by atoms with van der Waals surface area (Å²) in [6.45, 7) is 2.59. The Bertz CT molecular complexity index is 474. The third-order valence-electron chi connectivity index (χ3n) is 3.37. The normalized spacial score (nSPS) is 18.7. The van der Waals surface area contributed by atoms with Gasteiger partial charge >= 0.3 is 11.6 Å². The summed E-state index contributed by atoms with van der Waals surface area (Å²) in [5, 5.41) is 17.2. The largest absolute Gasteiger partial charge is 0.481 e. The van der Waals surface area contributed by atoms with Gasteiger partial charge in [0.25, 0.3) is 0 Å². The van der Waals surface area contributed by atoms with Crippen molar-refractivity contribution in [2.75, 3.05) is 25.0 Å². The minimum atomic E-state index is -0.642. The lowest BCUT2D eigenvalue weighted by molar-refractivity contribution is -0.142. The van der Waals surface area contributed by atoms with Crippen molar-refractivity contribution in [3.05, 3.63) is 16.1 Å². The molecule has 3 rings (SSSR count). The van der Waals surface area contributed by atoms with Gasteiger partial charge in [0.15, 0.2) is 0 Å². The van der Waals surface area contributed by atoms with Gasteiger partial charge in [0.2, 0.25) is 0 Å². The highest BCUT2D eigenvalue weighted by Gasteiger charge is 2.19. The molecule has 0 radical (unpaired) electrons. The van der Waals surface area contributed by atoms with Gasteiger partial charge < -0.3 is 20.3 Å². The van der Waals surface area contributed by atoms with Gasteiger partial charge in [-0.2, -0.15) is 0 Å². The van der Waals surface area contributed by atoms with Gasteiger partial charge in [-0.3, -0.25) is 4.79 Å². The minimum Gasteiger partial charge on any atom is -0.481 e. The number of aliphatic carboxylic acids is 1. The molecule has 1 aromatic heterocycles. The second-order valence-electron chi connectivity index (χ2n) is 4.74. The van der Waals surface area contributed by atoms with E-state index in [2.05, 4.69) is 20.3 Å². The standard InChI is InChI=1S/C6H8N2O2.C6H11NO2/c9-6-5-4(8-10-6)2-1-3-7-5;8-6(9)5-1-3-7-4-2-5/h7-8H,1-3H2;5,7H,1-4H2,(H,8,9). The second-order valence-corrected chi connectivity index (χ2v) is 4.74. The Morgan fingerprint density at radius 1 is 1.26 bits per heavy atom. The van der Waals surface area contributed by atoms with Crippen LogP contribution in [0.4, 0.5) is 5.69 Å². The van der Waals surface area contributed by atoms with E-state index in [1.165, 1.54) is 0 Å².